The molecule has 12 nitrogen and oxygen atoms in total. The summed E-state index contributed by atoms with van der Waals surface area (Å²) in [4.78, 5) is 49.7. The highest BCUT2D eigenvalue weighted by Crippen LogP contribution is 2.57. The van der Waals surface area contributed by atoms with Gasteiger partial charge in [0.25, 0.3) is 23.6 Å². The van der Waals surface area contributed by atoms with E-state index in [-0.39, 0.29) is 36.4 Å². The second-order valence-electron chi connectivity index (χ2n) is 9.02. The van der Waals surface area contributed by atoms with Crippen molar-refractivity contribution in [3.05, 3.63) is 69.8 Å². The van der Waals surface area contributed by atoms with Crippen molar-refractivity contribution >= 4 is 43.9 Å². The Morgan fingerprint density at radius 3 is 1.00 bits per heavy atom. The molecule has 4 amide bonds. The van der Waals surface area contributed by atoms with E-state index in [0.29, 0.717) is 0 Å². The molecule has 2 heterocycles. The van der Waals surface area contributed by atoms with Gasteiger partial charge in [-0.15, -0.1) is 18.7 Å². The first-order valence-electron chi connectivity index (χ1n) is 11.2. The molecule has 256 valence electrons. The largest absolute Gasteiger partial charge is 0.525 e. The van der Waals surface area contributed by atoms with E-state index in [0.717, 1.165) is 0 Å². The topological polar surface area (TPSA) is 161 Å². The van der Waals surface area contributed by atoms with Gasteiger partial charge in [0.1, 0.15) is 0 Å². The van der Waals surface area contributed by atoms with Crippen molar-refractivity contribution < 1.29 is 97.3 Å². The average molecular weight is 738 g/mol. The van der Waals surface area contributed by atoms with E-state index in [2.05, 4.69) is 8.57 Å². The molecule has 0 radical (unpaired) electrons. The van der Waals surface area contributed by atoms with Crippen molar-refractivity contribution in [2.75, 3.05) is 0 Å². The highest BCUT2D eigenvalue weighted by Gasteiger charge is 2.73. The third kappa shape index (κ3) is 5.27. The predicted octanol–water partition coefficient (Wildman–Crippen LogP) is 3.85. The lowest BCUT2D eigenvalue weighted by molar-refractivity contribution is -0.288. The first-order valence-corrected chi connectivity index (χ1v) is 14.0. The van der Waals surface area contributed by atoms with E-state index in [1.54, 1.807) is 0 Å². The van der Waals surface area contributed by atoms with E-state index >= 15 is 0 Å². The summed E-state index contributed by atoms with van der Waals surface area (Å²) >= 11 is 0. The number of amides is 4. The summed E-state index contributed by atoms with van der Waals surface area (Å²) < 4.78 is 216. The zero-order valence-corrected chi connectivity index (χ0v) is 22.9. The number of carbonyl (C=O) groups is 4. The molecule has 0 atom stereocenters. The number of hydrogen-bond acceptors (Lipinski definition) is 10. The zero-order valence-electron chi connectivity index (χ0n) is 21.3. The van der Waals surface area contributed by atoms with Gasteiger partial charge >= 0.3 is 43.6 Å². The van der Waals surface area contributed by atoms with Gasteiger partial charge in [-0.25, -0.2) is 0 Å². The smallest absolute Gasteiger partial charge is 0.266 e. The Morgan fingerprint density at radius 1 is 0.468 bits per heavy atom. The molecule has 0 saturated heterocycles. The van der Waals surface area contributed by atoms with Crippen molar-refractivity contribution in [2.24, 2.45) is 0 Å². The van der Waals surface area contributed by atoms with E-state index in [4.69, 9.17) is 0 Å². The summed E-state index contributed by atoms with van der Waals surface area (Å²) in [5.41, 5.74) is -27.6. The summed E-state index contributed by atoms with van der Waals surface area (Å²) in [5, 5.41) is -2.22. The fourth-order valence-electron chi connectivity index (χ4n) is 4.30. The van der Waals surface area contributed by atoms with Crippen LogP contribution in [0.3, 0.4) is 0 Å². The van der Waals surface area contributed by atoms with Crippen LogP contribution in [0.2, 0.25) is 0 Å². The Bertz CT molecular complexity index is 1830. The molecule has 0 unspecified atom stereocenters. The SMILES string of the molecule is O=C1c2ccc(C(c3ccc4c(c3)C(=O)N(OS(=O)(=O)C(F)(F)F)C4=O)(C(F)(F)F)C(F)(F)F)cc2C(=O)N1OS(=O)(=O)C(F)(F)F. The number of benzene rings is 2. The average Bonchev–Trinajstić information content (AvgIpc) is 3.25. The molecule has 2 aliphatic rings. The van der Waals surface area contributed by atoms with E-state index in [9.17, 15) is 88.7 Å². The molecule has 0 fully saturated rings. The Labute approximate surface area is 250 Å². The summed E-state index contributed by atoms with van der Waals surface area (Å²) in [6.07, 6.45) is -13.2. The van der Waals surface area contributed by atoms with E-state index in [1.165, 1.54) is 0 Å². The van der Waals surface area contributed by atoms with E-state index < -0.39 is 116 Å². The number of hydroxylamine groups is 4. The maximum Gasteiger partial charge on any atom is 0.525 e. The Morgan fingerprint density at radius 2 is 0.745 bits per heavy atom. The molecule has 0 aliphatic carbocycles. The van der Waals surface area contributed by atoms with Crippen LogP contribution in [0, 0.1) is 0 Å². The van der Waals surface area contributed by atoms with Crippen LogP contribution in [-0.2, 0) is 34.2 Å². The number of halogens is 12. The van der Waals surface area contributed by atoms with Crippen molar-refractivity contribution in [1.82, 2.24) is 10.1 Å². The highest BCUT2D eigenvalue weighted by atomic mass is 32.2. The van der Waals surface area contributed by atoms with Gasteiger partial charge in [-0.3, -0.25) is 19.2 Å². The number of fused-ring (bicyclic) bond motifs is 2. The second-order valence-corrected chi connectivity index (χ2v) is 12.1. The van der Waals surface area contributed by atoms with Crippen molar-refractivity contribution in [3.8, 4) is 0 Å². The molecular formula is C21H6F12N2O10S2. The van der Waals surface area contributed by atoms with Gasteiger partial charge in [0.2, 0.25) is 5.41 Å². The number of rotatable bonds is 6. The van der Waals surface area contributed by atoms with Crippen LogP contribution >= 0.6 is 0 Å². The summed E-state index contributed by atoms with van der Waals surface area (Å²) in [6, 6.07) is -0.742. The summed E-state index contributed by atoms with van der Waals surface area (Å²) in [5.74, 6) is -8.67. The number of nitrogens with zero attached hydrogens (tertiary/aromatic N) is 2. The van der Waals surface area contributed by atoms with Gasteiger partial charge in [-0.05, 0) is 35.4 Å². The highest BCUT2D eigenvalue weighted by molar-refractivity contribution is 7.87. The zero-order chi connectivity index (χ0) is 36.1. The third-order valence-electron chi connectivity index (χ3n) is 6.33. The predicted molar refractivity (Wildman–Crippen MR) is 119 cm³/mol. The van der Waals surface area contributed by atoms with Crippen molar-refractivity contribution in [2.45, 2.75) is 28.8 Å². The van der Waals surface area contributed by atoms with Gasteiger partial charge in [0.15, 0.2) is 0 Å². The quantitative estimate of drug-likeness (QED) is 0.242. The molecule has 0 bridgehead atoms. The second kappa shape index (κ2) is 10.3. The number of imide groups is 2. The Hall–Kier alpha value is -4.30. The van der Waals surface area contributed by atoms with E-state index in [1.807, 2.05) is 0 Å². The third-order valence-corrected chi connectivity index (χ3v) is 8.15. The molecule has 0 saturated carbocycles. The summed E-state index contributed by atoms with van der Waals surface area (Å²) in [7, 11) is -13.6. The molecule has 0 N–H and O–H groups in total. The number of alkyl halides is 12. The van der Waals surface area contributed by atoms with Gasteiger partial charge in [0, 0.05) is 0 Å². The minimum atomic E-state index is -6.78. The minimum absolute atomic E-state index is 0.0559. The van der Waals surface area contributed by atoms with Crippen LogP contribution in [0.4, 0.5) is 52.7 Å². The van der Waals surface area contributed by atoms with Crippen LogP contribution in [-0.4, -0.2) is 74.0 Å². The Balaban J connectivity index is 1.90. The van der Waals surface area contributed by atoms with Gasteiger partial charge in [0.05, 0.1) is 22.3 Å². The fourth-order valence-corrected chi connectivity index (χ4v) is 5.13. The fraction of sp³-hybridized carbons (Fsp3) is 0.238. The normalized spacial score (nSPS) is 16.7. The van der Waals surface area contributed by atoms with Crippen LogP contribution in [0.15, 0.2) is 36.4 Å². The number of carbonyl (C=O) groups excluding carboxylic acids is 4. The maximum absolute atomic E-state index is 14.7. The lowest BCUT2D eigenvalue weighted by Gasteiger charge is -2.38. The van der Waals surface area contributed by atoms with Crippen LogP contribution < -0.4 is 0 Å². The standard InChI is InChI=1S/C21H6F12N2O10S2/c22-18(23,24)17(19(25,26)27,7-1-3-9-11(5-7)15(38)34(13(9)36)44-46(40,41)20(28,29)30)8-2-4-10-12(6-8)16(39)35(14(10)37)45-47(42,43)21(31,32)33/h1-6H. The molecule has 4 rings (SSSR count). The molecule has 0 aromatic heterocycles. The van der Waals surface area contributed by atoms with Crippen LogP contribution in [0.25, 0.3) is 0 Å². The minimum Gasteiger partial charge on any atom is -0.266 e. The Kier molecular flexibility index (Phi) is 7.83. The maximum atomic E-state index is 14.7. The van der Waals surface area contributed by atoms with Crippen molar-refractivity contribution in [3.63, 3.8) is 0 Å². The first kappa shape index (κ1) is 35.6. The lowest BCUT2D eigenvalue weighted by atomic mass is 9.71. The molecule has 2 aliphatic heterocycles. The molecule has 2 aromatic carbocycles. The lowest BCUT2D eigenvalue weighted by Crippen LogP contribution is -2.55. The van der Waals surface area contributed by atoms with Crippen LogP contribution in [0.5, 0.6) is 0 Å². The molecule has 2 aromatic rings. The van der Waals surface area contributed by atoms with Gasteiger partial charge in [-0.1, -0.05) is 12.1 Å². The number of hydrogen-bond donors (Lipinski definition) is 0. The van der Waals surface area contributed by atoms with Gasteiger partial charge in [-0.2, -0.15) is 69.5 Å². The monoisotopic (exact) mass is 738 g/mol. The molecule has 47 heavy (non-hydrogen) atoms. The molecule has 0 spiro atoms. The van der Waals surface area contributed by atoms with Gasteiger partial charge < -0.3 is 0 Å². The van der Waals surface area contributed by atoms with Crippen LogP contribution in [0.1, 0.15) is 52.6 Å². The molecular weight excluding hydrogens is 732 g/mol. The van der Waals surface area contributed by atoms with Crippen molar-refractivity contribution in [1.29, 1.82) is 0 Å². The first-order chi connectivity index (χ1) is 21.0. The summed E-state index contributed by atoms with van der Waals surface area (Å²) in [6.45, 7) is 0. The molecule has 26 heteroatoms.